The lowest BCUT2D eigenvalue weighted by atomic mass is 9.94. The van der Waals surface area contributed by atoms with Crippen LogP contribution in [0.25, 0.3) is 0 Å². The summed E-state index contributed by atoms with van der Waals surface area (Å²) in [5.41, 5.74) is 2.78. The van der Waals surface area contributed by atoms with Crippen molar-refractivity contribution >= 4 is 12.6 Å². The molecule has 0 bridgehead atoms. The SMILES string of the molecule is CC(C)=CCCC(C)=CCCC(CC=O)CCC=O. The Labute approximate surface area is 118 Å². The molecular weight excluding hydrogens is 236 g/mol. The number of carbonyl (C=O) groups excluding carboxylic acids is 2. The molecular formula is C17H28O2. The van der Waals surface area contributed by atoms with Crippen LogP contribution in [0.15, 0.2) is 23.3 Å². The van der Waals surface area contributed by atoms with Gasteiger partial charge in [-0.1, -0.05) is 23.3 Å². The van der Waals surface area contributed by atoms with Gasteiger partial charge < -0.3 is 9.59 Å². The zero-order chi connectivity index (χ0) is 14.5. The van der Waals surface area contributed by atoms with Crippen molar-refractivity contribution in [2.24, 2.45) is 5.92 Å². The monoisotopic (exact) mass is 264 g/mol. The summed E-state index contributed by atoms with van der Waals surface area (Å²) in [6, 6.07) is 0. The molecule has 0 radical (unpaired) electrons. The summed E-state index contributed by atoms with van der Waals surface area (Å²) in [5, 5.41) is 0. The molecule has 1 atom stereocenters. The van der Waals surface area contributed by atoms with E-state index >= 15 is 0 Å². The molecule has 0 aromatic heterocycles. The van der Waals surface area contributed by atoms with Crippen LogP contribution in [0.1, 0.15) is 65.7 Å². The van der Waals surface area contributed by atoms with E-state index in [1.165, 1.54) is 11.1 Å². The van der Waals surface area contributed by atoms with E-state index in [-0.39, 0.29) is 0 Å². The summed E-state index contributed by atoms with van der Waals surface area (Å²) in [5.74, 6) is 0.365. The summed E-state index contributed by atoms with van der Waals surface area (Å²) in [6.07, 6.45) is 12.7. The summed E-state index contributed by atoms with van der Waals surface area (Å²) in [4.78, 5) is 20.9. The molecule has 0 saturated carbocycles. The lowest BCUT2D eigenvalue weighted by molar-refractivity contribution is -0.110. The quantitative estimate of drug-likeness (QED) is 0.402. The third kappa shape index (κ3) is 11.6. The number of carbonyl (C=O) groups is 2. The molecule has 0 N–H and O–H groups in total. The molecule has 0 spiro atoms. The minimum absolute atomic E-state index is 0.365. The van der Waals surface area contributed by atoms with Crippen LogP contribution in [0.3, 0.4) is 0 Å². The van der Waals surface area contributed by atoms with E-state index in [1.54, 1.807) is 0 Å². The van der Waals surface area contributed by atoms with Gasteiger partial charge in [0.15, 0.2) is 0 Å². The van der Waals surface area contributed by atoms with E-state index in [0.29, 0.717) is 18.8 Å². The molecule has 0 fully saturated rings. The normalized spacial score (nSPS) is 12.9. The third-order valence-corrected chi connectivity index (χ3v) is 3.28. The number of hydrogen-bond donors (Lipinski definition) is 0. The van der Waals surface area contributed by atoms with Gasteiger partial charge >= 0.3 is 0 Å². The molecule has 0 saturated heterocycles. The average molecular weight is 264 g/mol. The second-order valence-corrected chi connectivity index (χ2v) is 5.46. The smallest absolute Gasteiger partial charge is 0.120 e. The van der Waals surface area contributed by atoms with E-state index in [4.69, 9.17) is 0 Å². The van der Waals surface area contributed by atoms with Gasteiger partial charge in [0.1, 0.15) is 12.6 Å². The van der Waals surface area contributed by atoms with Crippen LogP contribution in [0.4, 0.5) is 0 Å². The van der Waals surface area contributed by atoms with Crippen LogP contribution < -0.4 is 0 Å². The zero-order valence-corrected chi connectivity index (χ0v) is 12.7. The van der Waals surface area contributed by atoms with Crippen molar-refractivity contribution in [3.8, 4) is 0 Å². The van der Waals surface area contributed by atoms with E-state index in [1.807, 2.05) is 0 Å². The molecule has 0 amide bonds. The molecule has 19 heavy (non-hydrogen) atoms. The van der Waals surface area contributed by atoms with Gasteiger partial charge in [0, 0.05) is 12.8 Å². The van der Waals surface area contributed by atoms with Crippen LogP contribution >= 0.6 is 0 Å². The second-order valence-electron chi connectivity index (χ2n) is 5.46. The highest BCUT2D eigenvalue weighted by atomic mass is 16.1. The fourth-order valence-electron chi connectivity index (χ4n) is 2.08. The predicted octanol–water partition coefficient (Wildman–Crippen LogP) is 4.64. The molecule has 0 aromatic rings. The van der Waals surface area contributed by atoms with Crippen molar-refractivity contribution < 1.29 is 9.59 Å². The average Bonchev–Trinajstić information content (AvgIpc) is 2.35. The molecule has 108 valence electrons. The number of aldehydes is 2. The molecule has 2 nitrogen and oxygen atoms in total. The fraction of sp³-hybridized carbons (Fsp3) is 0.647. The molecule has 0 heterocycles. The Bertz CT molecular complexity index is 309. The Balaban J connectivity index is 3.96. The van der Waals surface area contributed by atoms with Gasteiger partial charge in [-0.15, -0.1) is 0 Å². The van der Waals surface area contributed by atoms with Gasteiger partial charge in [-0.3, -0.25) is 0 Å². The van der Waals surface area contributed by atoms with Crippen molar-refractivity contribution in [1.82, 2.24) is 0 Å². The van der Waals surface area contributed by atoms with Gasteiger partial charge in [0.25, 0.3) is 0 Å². The van der Waals surface area contributed by atoms with Crippen LogP contribution in [-0.2, 0) is 9.59 Å². The van der Waals surface area contributed by atoms with Crippen LogP contribution in [-0.4, -0.2) is 12.6 Å². The highest BCUT2D eigenvalue weighted by molar-refractivity contribution is 5.51. The standard InChI is InChI=1S/C17H28O2/c1-15(2)7-4-8-16(3)9-5-10-17(12-14-19)11-6-13-18/h7,9,13-14,17H,4-6,8,10-12H2,1-3H3. The summed E-state index contributed by atoms with van der Waals surface area (Å²) < 4.78 is 0. The summed E-state index contributed by atoms with van der Waals surface area (Å²) in [7, 11) is 0. The van der Waals surface area contributed by atoms with Crippen molar-refractivity contribution in [3.63, 3.8) is 0 Å². The maximum Gasteiger partial charge on any atom is 0.120 e. The first-order valence-corrected chi connectivity index (χ1v) is 7.26. The first-order valence-electron chi connectivity index (χ1n) is 7.26. The molecule has 0 aliphatic carbocycles. The lowest BCUT2D eigenvalue weighted by Gasteiger charge is -2.11. The summed E-state index contributed by atoms with van der Waals surface area (Å²) >= 11 is 0. The minimum Gasteiger partial charge on any atom is -0.303 e. The minimum atomic E-state index is 0.365. The largest absolute Gasteiger partial charge is 0.303 e. The van der Waals surface area contributed by atoms with Crippen molar-refractivity contribution in [2.75, 3.05) is 0 Å². The highest BCUT2D eigenvalue weighted by Gasteiger charge is 2.06. The molecule has 0 aliphatic heterocycles. The Morgan fingerprint density at radius 3 is 2.16 bits per heavy atom. The maximum absolute atomic E-state index is 10.6. The van der Waals surface area contributed by atoms with E-state index in [9.17, 15) is 9.59 Å². The number of hydrogen-bond acceptors (Lipinski definition) is 2. The number of allylic oxidation sites excluding steroid dienone is 4. The first-order chi connectivity index (χ1) is 9.10. The third-order valence-electron chi connectivity index (χ3n) is 3.28. The van der Waals surface area contributed by atoms with Crippen LogP contribution in [0.2, 0.25) is 0 Å². The van der Waals surface area contributed by atoms with Crippen molar-refractivity contribution in [2.45, 2.75) is 65.7 Å². The Hall–Kier alpha value is -1.18. The second kappa shape index (κ2) is 11.9. The van der Waals surface area contributed by atoms with Gasteiger partial charge in [-0.05, 0) is 58.8 Å². The maximum atomic E-state index is 10.6. The lowest BCUT2D eigenvalue weighted by Crippen LogP contribution is -2.01. The molecule has 0 aromatic carbocycles. The van der Waals surface area contributed by atoms with Gasteiger partial charge in [0.05, 0.1) is 0 Å². The van der Waals surface area contributed by atoms with Gasteiger partial charge in [-0.2, -0.15) is 0 Å². The van der Waals surface area contributed by atoms with E-state index in [2.05, 4.69) is 32.9 Å². The Morgan fingerprint density at radius 1 is 0.895 bits per heavy atom. The summed E-state index contributed by atoms with van der Waals surface area (Å²) in [6.45, 7) is 6.41. The molecule has 1 unspecified atom stereocenters. The van der Waals surface area contributed by atoms with Crippen LogP contribution in [0, 0.1) is 5.92 Å². The zero-order valence-electron chi connectivity index (χ0n) is 12.7. The molecule has 0 aliphatic rings. The topological polar surface area (TPSA) is 34.1 Å². The van der Waals surface area contributed by atoms with Crippen molar-refractivity contribution in [3.05, 3.63) is 23.3 Å². The van der Waals surface area contributed by atoms with Crippen LogP contribution in [0.5, 0.6) is 0 Å². The predicted molar refractivity (Wildman–Crippen MR) is 81.1 cm³/mol. The van der Waals surface area contributed by atoms with E-state index < -0.39 is 0 Å². The number of rotatable bonds is 11. The Kier molecular flexibility index (Phi) is 11.1. The highest BCUT2D eigenvalue weighted by Crippen LogP contribution is 2.18. The Morgan fingerprint density at radius 2 is 1.58 bits per heavy atom. The van der Waals surface area contributed by atoms with Gasteiger partial charge in [-0.25, -0.2) is 0 Å². The molecule has 0 rings (SSSR count). The molecule has 2 heteroatoms. The van der Waals surface area contributed by atoms with Gasteiger partial charge in [0.2, 0.25) is 0 Å². The fourth-order valence-corrected chi connectivity index (χ4v) is 2.08. The van der Waals surface area contributed by atoms with E-state index in [0.717, 1.165) is 44.7 Å². The first kappa shape index (κ1) is 17.8. The van der Waals surface area contributed by atoms with Crippen molar-refractivity contribution in [1.29, 1.82) is 0 Å².